The molecule has 0 aromatic heterocycles. The van der Waals surface area contributed by atoms with Crippen molar-refractivity contribution in [2.45, 2.75) is 38.5 Å². The van der Waals surface area contributed by atoms with E-state index in [2.05, 4.69) is 10.2 Å². The average molecular weight is 228 g/mol. The first-order valence-corrected chi connectivity index (χ1v) is 6.84. The Kier molecular flexibility index (Phi) is 7.81. The van der Waals surface area contributed by atoms with E-state index in [1.807, 2.05) is 7.05 Å². The zero-order valence-corrected chi connectivity index (χ0v) is 10.7. The number of piperidine rings is 1. The molecular weight excluding hydrogens is 200 g/mol. The third kappa shape index (κ3) is 5.83. The Balaban J connectivity index is 1.95. The zero-order chi connectivity index (χ0) is 11.6. The van der Waals surface area contributed by atoms with Gasteiger partial charge < -0.3 is 15.3 Å². The highest BCUT2D eigenvalue weighted by Crippen LogP contribution is 2.16. The molecule has 1 fully saturated rings. The highest BCUT2D eigenvalue weighted by atomic mass is 16.2. The van der Waals surface area contributed by atoms with Gasteiger partial charge in [0.05, 0.1) is 0 Å². The lowest BCUT2D eigenvalue weighted by atomic mass is 9.96. The van der Waals surface area contributed by atoms with E-state index in [-0.39, 0.29) is 0 Å². The molecule has 0 unspecified atom stereocenters. The molecule has 0 radical (unpaired) electrons. The van der Waals surface area contributed by atoms with E-state index in [9.17, 15) is 0 Å². The minimum atomic E-state index is 0.357. The van der Waals surface area contributed by atoms with Gasteiger partial charge in [0.25, 0.3) is 0 Å². The van der Waals surface area contributed by atoms with Crippen molar-refractivity contribution >= 4 is 0 Å². The maximum atomic E-state index is 8.68. The van der Waals surface area contributed by atoms with Gasteiger partial charge in [-0.05, 0) is 64.8 Å². The molecule has 1 rings (SSSR count). The SMILES string of the molecule is CNCC1CCN(CCCCCCO)CC1. The van der Waals surface area contributed by atoms with Crippen LogP contribution in [0.5, 0.6) is 0 Å². The molecule has 0 bridgehead atoms. The molecule has 0 aromatic carbocycles. The fourth-order valence-corrected chi connectivity index (χ4v) is 2.50. The standard InChI is InChI=1S/C13H28N2O/c1-14-12-13-6-9-15(10-7-13)8-4-2-3-5-11-16/h13-14,16H,2-12H2,1H3. The number of likely N-dealkylation sites (tertiary alicyclic amines) is 1. The van der Waals surface area contributed by atoms with Crippen molar-refractivity contribution in [3.05, 3.63) is 0 Å². The summed E-state index contributed by atoms with van der Waals surface area (Å²) in [5, 5.41) is 12.0. The predicted octanol–water partition coefficient (Wildman–Crippen LogP) is 1.47. The highest BCUT2D eigenvalue weighted by molar-refractivity contribution is 4.73. The fourth-order valence-electron chi connectivity index (χ4n) is 2.50. The van der Waals surface area contributed by atoms with Crippen molar-refractivity contribution in [1.29, 1.82) is 0 Å². The van der Waals surface area contributed by atoms with Gasteiger partial charge in [0, 0.05) is 6.61 Å². The molecule has 0 aromatic rings. The summed E-state index contributed by atoms with van der Waals surface area (Å²) in [6.07, 6.45) is 7.46. The molecular formula is C13H28N2O. The molecule has 0 amide bonds. The van der Waals surface area contributed by atoms with Crippen LogP contribution in [-0.2, 0) is 0 Å². The van der Waals surface area contributed by atoms with Crippen LogP contribution in [0, 0.1) is 5.92 Å². The molecule has 96 valence electrons. The molecule has 3 heteroatoms. The average Bonchev–Trinajstić information content (AvgIpc) is 2.31. The predicted molar refractivity (Wildman–Crippen MR) is 68.6 cm³/mol. The summed E-state index contributed by atoms with van der Waals surface area (Å²) in [5.74, 6) is 0.899. The van der Waals surface area contributed by atoms with Crippen molar-refractivity contribution < 1.29 is 5.11 Å². The van der Waals surface area contributed by atoms with E-state index in [4.69, 9.17) is 5.11 Å². The molecule has 1 heterocycles. The lowest BCUT2D eigenvalue weighted by Gasteiger charge is -2.31. The summed E-state index contributed by atoms with van der Waals surface area (Å²) >= 11 is 0. The second-order valence-electron chi connectivity index (χ2n) is 4.98. The molecule has 1 aliphatic rings. The van der Waals surface area contributed by atoms with Gasteiger partial charge in [-0.15, -0.1) is 0 Å². The Morgan fingerprint density at radius 3 is 2.44 bits per heavy atom. The number of hydrogen-bond donors (Lipinski definition) is 2. The summed E-state index contributed by atoms with van der Waals surface area (Å²) < 4.78 is 0. The van der Waals surface area contributed by atoms with Gasteiger partial charge in [0.1, 0.15) is 0 Å². The largest absolute Gasteiger partial charge is 0.396 e. The van der Waals surface area contributed by atoms with Crippen LogP contribution in [-0.4, -0.2) is 49.8 Å². The van der Waals surface area contributed by atoms with Crippen molar-refractivity contribution in [3.8, 4) is 0 Å². The molecule has 2 N–H and O–H groups in total. The summed E-state index contributed by atoms with van der Waals surface area (Å²) in [7, 11) is 2.05. The van der Waals surface area contributed by atoms with Crippen molar-refractivity contribution in [3.63, 3.8) is 0 Å². The second kappa shape index (κ2) is 8.97. The van der Waals surface area contributed by atoms with Crippen molar-refractivity contribution in [2.75, 3.05) is 39.8 Å². The highest BCUT2D eigenvalue weighted by Gasteiger charge is 2.17. The van der Waals surface area contributed by atoms with E-state index in [0.29, 0.717) is 6.61 Å². The van der Waals surface area contributed by atoms with Gasteiger partial charge in [-0.3, -0.25) is 0 Å². The van der Waals surface area contributed by atoms with Gasteiger partial charge >= 0.3 is 0 Å². The van der Waals surface area contributed by atoms with Gasteiger partial charge in [-0.25, -0.2) is 0 Å². The van der Waals surface area contributed by atoms with E-state index in [1.54, 1.807) is 0 Å². The Hall–Kier alpha value is -0.120. The fraction of sp³-hybridized carbons (Fsp3) is 1.00. The van der Waals surface area contributed by atoms with Gasteiger partial charge in [0.15, 0.2) is 0 Å². The summed E-state index contributed by atoms with van der Waals surface area (Å²) in [5.41, 5.74) is 0. The van der Waals surface area contributed by atoms with Crippen LogP contribution < -0.4 is 5.32 Å². The lowest BCUT2D eigenvalue weighted by Crippen LogP contribution is -2.37. The quantitative estimate of drug-likeness (QED) is 0.618. The molecule has 0 saturated carbocycles. The molecule has 0 aliphatic carbocycles. The van der Waals surface area contributed by atoms with Crippen molar-refractivity contribution in [2.24, 2.45) is 5.92 Å². The van der Waals surface area contributed by atoms with Crippen LogP contribution in [0.2, 0.25) is 0 Å². The smallest absolute Gasteiger partial charge is 0.0431 e. The number of nitrogens with zero attached hydrogens (tertiary/aromatic N) is 1. The van der Waals surface area contributed by atoms with Crippen LogP contribution in [0.1, 0.15) is 38.5 Å². The topological polar surface area (TPSA) is 35.5 Å². The normalized spacial score (nSPS) is 19.1. The van der Waals surface area contributed by atoms with E-state index < -0.39 is 0 Å². The lowest BCUT2D eigenvalue weighted by molar-refractivity contribution is 0.180. The van der Waals surface area contributed by atoms with Crippen LogP contribution in [0.15, 0.2) is 0 Å². The molecule has 1 aliphatic heterocycles. The number of hydrogen-bond acceptors (Lipinski definition) is 3. The van der Waals surface area contributed by atoms with Gasteiger partial charge in [-0.2, -0.15) is 0 Å². The van der Waals surface area contributed by atoms with E-state index in [0.717, 1.165) is 12.3 Å². The molecule has 0 atom stereocenters. The summed E-state index contributed by atoms with van der Waals surface area (Å²) in [6, 6.07) is 0. The van der Waals surface area contributed by atoms with Crippen LogP contribution in [0.3, 0.4) is 0 Å². The summed E-state index contributed by atoms with van der Waals surface area (Å²) in [6.45, 7) is 5.37. The number of unbranched alkanes of at least 4 members (excludes halogenated alkanes) is 3. The van der Waals surface area contributed by atoms with E-state index in [1.165, 1.54) is 58.3 Å². The molecule has 16 heavy (non-hydrogen) atoms. The number of nitrogens with one attached hydrogen (secondary N) is 1. The Bertz CT molecular complexity index is 156. The number of rotatable bonds is 8. The molecule has 1 saturated heterocycles. The summed E-state index contributed by atoms with van der Waals surface area (Å²) in [4.78, 5) is 2.60. The maximum Gasteiger partial charge on any atom is 0.0431 e. The molecule has 3 nitrogen and oxygen atoms in total. The van der Waals surface area contributed by atoms with Gasteiger partial charge in [-0.1, -0.05) is 12.8 Å². The first-order chi connectivity index (χ1) is 7.86. The minimum absolute atomic E-state index is 0.357. The van der Waals surface area contributed by atoms with Crippen LogP contribution in [0.4, 0.5) is 0 Å². The van der Waals surface area contributed by atoms with Crippen LogP contribution in [0.25, 0.3) is 0 Å². The Labute approximate surface area is 100 Å². The van der Waals surface area contributed by atoms with E-state index >= 15 is 0 Å². The monoisotopic (exact) mass is 228 g/mol. The zero-order valence-electron chi connectivity index (χ0n) is 10.7. The Morgan fingerprint density at radius 2 is 1.81 bits per heavy atom. The molecule has 0 spiro atoms. The minimum Gasteiger partial charge on any atom is -0.396 e. The maximum absolute atomic E-state index is 8.68. The van der Waals surface area contributed by atoms with Crippen molar-refractivity contribution in [1.82, 2.24) is 10.2 Å². The third-order valence-electron chi connectivity index (χ3n) is 3.58. The third-order valence-corrected chi connectivity index (χ3v) is 3.58. The van der Waals surface area contributed by atoms with Gasteiger partial charge in [0.2, 0.25) is 0 Å². The second-order valence-corrected chi connectivity index (χ2v) is 4.98. The first-order valence-electron chi connectivity index (χ1n) is 6.84. The van der Waals surface area contributed by atoms with Crippen LogP contribution >= 0.6 is 0 Å². The number of aliphatic hydroxyl groups is 1. The first kappa shape index (κ1) is 13.9. The Morgan fingerprint density at radius 1 is 1.12 bits per heavy atom. The number of aliphatic hydroxyl groups excluding tert-OH is 1.